The van der Waals surface area contributed by atoms with Gasteiger partial charge in [-0.2, -0.15) is 0 Å². The van der Waals surface area contributed by atoms with Crippen LogP contribution in [0.25, 0.3) is 0 Å². The number of amides is 2. The number of carbonyl (C=O) groups excluding carboxylic acids is 2. The number of anilines is 1. The third-order valence-corrected chi connectivity index (χ3v) is 9.74. The topological polar surface area (TPSA) is 86.8 Å². The van der Waals surface area contributed by atoms with Crippen molar-refractivity contribution in [2.45, 2.75) is 51.6 Å². The number of rotatable bonds is 13. The third kappa shape index (κ3) is 9.05. The number of hydrogen-bond acceptors (Lipinski definition) is 4. The number of sulfonamides is 1. The molecule has 0 saturated carbocycles. The van der Waals surface area contributed by atoms with Crippen LogP contribution in [0, 0.1) is 19.8 Å². The summed E-state index contributed by atoms with van der Waals surface area (Å²) in [6.45, 7) is 7.78. The second-order valence-corrected chi connectivity index (χ2v) is 14.4. The number of aryl methyl sites for hydroxylation is 2. The average molecular weight is 691 g/mol. The summed E-state index contributed by atoms with van der Waals surface area (Å²) in [4.78, 5) is 30.0. The van der Waals surface area contributed by atoms with E-state index in [-0.39, 0.29) is 29.7 Å². The van der Waals surface area contributed by atoms with Crippen molar-refractivity contribution in [1.29, 1.82) is 0 Å². The highest BCUT2D eigenvalue weighted by Crippen LogP contribution is 2.28. The molecule has 0 aliphatic rings. The molecule has 0 aromatic heterocycles. The van der Waals surface area contributed by atoms with Crippen LogP contribution in [0.2, 0.25) is 0 Å². The smallest absolute Gasteiger partial charge is 0.264 e. The summed E-state index contributed by atoms with van der Waals surface area (Å²) in [7, 11) is -4.15. The van der Waals surface area contributed by atoms with E-state index in [1.165, 1.54) is 4.90 Å². The quantitative estimate of drug-likeness (QED) is 0.170. The maximum absolute atomic E-state index is 14.6. The van der Waals surface area contributed by atoms with Gasteiger partial charge in [0.25, 0.3) is 10.0 Å². The Morgan fingerprint density at radius 3 is 2.11 bits per heavy atom. The van der Waals surface area contributed by atoms with Crippen LogP contribution in [0.4, 0.5) is 5.69 Å². The highest BCUT2D eigenvalue weighted by Gasteiger charge is 2.35. The first-order chi connectivity index (χ1) is 21.5. The molecule has 1 N–H and O–H groups in total. The van der Waals surface area contributed by atoms with Gasteiger partial charge in [-0.25, -0.2) is 8.42 Å². The van der Waals surface area contributed by atoms with Crippen molar-refractivity contribution in [2.75, 3.05) is 17.4 Å². The van der Waals surface area contributed by atoms with Crippen molar-refractivity contribution in [2.24, 2.45) is 5.92 Å². The first-order valence-electron chi connectivity index (χ1n) is 15.0. The predicted molar refractivity (Wildman–Crippen MR) is 183 cm³/mol. The Labute approximate surface area is 275 Å². The summed E-state index contributed by atoms with van der Waals surface area (Å²) in [5, 5.41) is 3.02. The van der Waals surface area contributed by atoms with E-state index < -0.39 is 28.5 Å². The summed E-state index contributed by atoms with van der Waals surface area (Å²) in [6.07, 6.45) is 0.263. The lowest BCUT2D eigenvalue weighted by Crippen LogP contribution is -2.53. The summed E-state index contributed by atoms with van der Waals surface area (Å²) < 4.78 is 30.4. The molecular weight excluding hydrogens is 650 g/mol. The molecule has 236 valence electrons. The van der Waals surface area contributed by atoms with E-state index in [9.17, 15) is 18.0 Å². The highest BCUT2D eigenvalue weighted by molar-refractivity contribution is 9.10. The van der Waals surface area contributed by atoms with E-state index >= 15 is 0 Å². The lowest BCUT2D eigenvalue weighted by Gasteiger charge is -2.34. The number of para-hydroxylation sites is 1. The zero-order chi connectivity index (χ0) is 32.6. The molecule has 2 amide bonds. The summed E-state index contributed by atoms with van der Waals surface area (Å²) in [6, 6.07) is 29.9. The van der Waals surface area contributed by atoms with E-state index in [0.29, 0.717) is 17.8 Å². The molecule has 7 nitrogen and oxygen atoms in total. The van der Waals surface area contributed by atoms with E-state index in [1.807, 2.05) is 94.4 Å². The minimum atomic E-state index is -4.15. The van der Waals surface area contributed by atoms with Gasteiger partial charge in [0.2, 0.25) is 11.8 Å². The molecule has 0 bridgehead atoms. The van der Waals surface area contributed by atoms with Gasteiger partial charge in [-0.05, 0) is 66.8 Å². The molecular formula is C36H40BrN3O4S. The zero-order valence-electron chi connectivity index (χ0n) is 26.1. The number of benzene rings is 4. The van der Waals surface area contributed by atoms with Crippen LogP contribution < -0.4 is 9.62 Å². The van der Waals surface area contributed by atoms with E-state index in [4.69, 9.17) is 0 Å². The maximum atomic E-state index is 14.6. The minimum Gasteiger partial charge on any atom is -0.354 e. The van der Waals surface area contributed by atoms with Gasteiger partial charge in [-0.1, -0.05) is 108 Å². The van der Waals surface area contributed by atoms with Gasteiger partial charge in [0.15, 0.2) is 0 Å². The lowest BCUT2D eigenvalue weighted by molar-refractivity contribution is -0.140. The van der Waals surface area contributed by atoms with Crippen LogP contribution in [0.3, 0.4) is 0 Å². The molecule has 4 rings (SSSR count). The molecule has 0 spiro atoms. The standard InChI is InChI=1S/C36H40BrN3O4S/c1-26(2)23-38-36(42)34(22-29-12-6-5-7-13-29)39(24-30-14-10-15-31(37)21-30)35(41)25-40(33-16-9-8-11-28(33)4)45(43,44)32-19-17-27(3)18-20-32/h5-21,26,34H,22-25H2,1-4H3,(H,38,42)/t34-/m0/s1. The number of carbonyl (C=O) groups is 2. The van der Waals surface area contributed by atoms with Crippen molar-refractivity contribution < 1.29 is 18.0 Å². The normalized spacial score (nSPS) is 12.0. The molecule has 0 aliphatic heterocycles. The molecule has 45 heavy (non-hydrogen) atoms. The van der Waals surface area contributed by atoms with Crippen molar-refractivity contribution in [1.82, 2.24) is 10.2 Å². The zero-order valence-corrected chi connectivity index (χ0v) is 28.5. The fourth-order valence-electron chi connectivity index (χ4n) is 5.00. The fourth-order valence-corrected chi connectivity index (χ4v) is 6.93. The van der Waals surface area contributed by atoms with Gasteiger partial charge in [0.1, 0.15) is 12.6 Å². The Hall–Kier alpha value is -3.95. The average Bonchev–Trinajstić information content (AvgIpc) is 3.01. The number of nitrogens with one attached hydrogen (secondary N) is 1. The fraction of sp³-hybridized carbons (Fsp3) is 0.278. The lowest BCUT2D eigenvalue weighted by atomic mass is 10.0. The van der Waals surface area contributed by atoms with Crippen molar-refractivity contribution in [3.8, 4) is 0 Å². The highest BCUT2D eigenvalue weighted by atomic mass is 79.9. The van der Waals surface area contributed by atoms with Gasteiger partial charge in [0, 0.05) is 24.0 Å². The molecule has 0 radical (unpaired) electrons. The Morgan fingerprint density at radius 2 is 1.47 bits per heavy atom. The summed E-state index contributed by atoms with van der Waals surface area (Å²) in [5.74, 6) is -0.578. The maximum Gasteiger partial charge on any atom is 0.264 e. The SMILES string of the molecule is Cc1ccc(S(=O)(=O)N(CC(=O)N(Cc2cccc(Br)c2)[C@@H](Cc2ccccc2)C(=O)NCC(C)C)c2ccccc2C)cc1. The molecule has 0 aliphatic carbocycles. The summed E-state index contributed by atoms with van der Waals surface area (Å²) in [5.41, 5.74) is 3.71. The number of halogens is 1. The second kappa shape index (κ2) is 15.4. The molecule has 9 heteroatoms. The predicted octanol–water partition coefficient (Wildman–Crippen LogP) is 6.67. The molecule has 1 atom stereocenters. The van der Waals surface area contributed by atoms with Crippen LogP contribution in [0.5, 0.6) is 0 Å². The molecule has 4 aromatic carbocycles. The molecule has 0 unspecified atom stereocenters. The molecule has 0 heterocycles. The Bertz CT molecular complexity index is 1710. The minimum absolute atomic E-state index is 0.0817. The monoisotopic (exact) mass is 689 g/mol. The van der Waals surface area contributed by atoms with Crippen LogP contribution in [0.1, 0.15) is 36.1 Å². The Balaban J connectivity index is 1.81. The molecule has 0 saturated heterocycles. The van der Waals surface area contributed by atoms with Gasteiger partial charge >= 0.3 is 0 Å². The van der Waals surface area contributed by atoms with Gasteiger partial charge in [-0.3, -0.25) is 13.9 Å². The van der Waals surface area contributed by atoms with Crippen LogP contribution in [-0.4, -0.2) is 44.3 Å². The van der Waals surface area contributed by atoms with Crippen LogP contribution in [0.15, 0.2) is 112 Å². The van der Waals surface area contributed by atoms with E-state index in [0.717, 1.165) is 25.5 Å². The van der Waals surface area contributed by atoms with Crippen LogP contribution in [-0.2, 0) is 32.6 Å². The Morgan fingerprint density at radius 1 is 0.822 bits per heavy atom. The number of hydrogen-bond donors (Lipinski definition) is 1. The molecule has 0 fully saturated rings. The van der Waals surface area contributed by atoms with E-state index in [2.05, 4.69) is 21.2 Å². The first kappa shape index (κ1) is 33.9. The number of nitrogens with zero attached hydrogens (tertiary/aromatic N) is 2. The second-order valence-electron chi connectivity index (χ2n) is 11.6. The van der Waals surface area contributed by atoms with Gasteiger partial charge < -0.3 is 10.2 Å². The Kier molecular flexibility index (Phi) is 11.6. The largest absolute Gasteiger partial charge is 0.354 e. The third-order valence-electron chi connectivity index (χ3n) is 7.47. The van der Waals surface area contributed by atoms with Gasteiger partial charge in [-0.15, -0.1) is 0 Å². The van der Waals surface area contributed by atoms with Crippen molar-refractivity contribution in [3.63, 3.8) is 0 Å². The first-order valence-corrected chi connectivity index (χ1v) is 17.2. The van der Waals surface area contributed by atoms with Crippen molar-refractivity contribution >= 4 is 43.5 Å². The van der Waals surface area contributed by atoms with Crippen molar-refractivity contribution in [3.05, 3.63) is 130 Å². The van der Waals surface area contributed by atoms with Gasteiger partial charge in [0.05, 0.1) is 10.6 Å². The summed E-state index contributed by atoms with van der Waals surface area (Å²) >= 11 is 3.52. The van der Waals surface area contributed by atoms with Crippen LogP contribution >= 0.6 is 15.9 Å². The van der Waals surface area contributed by atoms with E-state index in [1.54, 1.807) is 36.4 Å². The molecule has 4 aromatic rings.